The Morgan fingerprint density at radius 2 is 2.13 bits per heavy atom. The van der Waals surface area contributed by atoms with E-state index >= 15 is 0 Å². The molecule has 0 aliphatic heterocycles. The Morgan fingerprint density at radius 1 is 1.35 bits per heavy atom. The first-order valence-corrected chi connectivity index (χ1v) is 7.94. The summed E-state index contributed by atoms with van der Waals surface area (Å²) in [5.74, 6) is -0.282. The highest BCUT2D eigenvalue weighted by atomic mass is 16.3. The number of phenols is 1. The molecule has 2 aromatic rings. The molecule has 0 radical (unpaired) electrons. The van der Waals surface area contributed by atoms with Crippen molar-refractivity contribution in [2.75, 3.05) is 5.32 Å². The average Bonchev–Trinajstić information content (AvgIpc) is 3.00. The molecule has 3 N–H and O–H groups in total. The second-order valence-corrected chi connectivity index (χ2v) is 6.35. The van der Waals surface area contributed by atoms with Crippen LogP contribution in [0.2, 0.25) is 0 Å². The fraction of sp³-hybridized carbons (Fsp3) is 0.471. The molecule has 2 rings (SSSR count). The molecule has 0 aliphatic carbocycles. The van der Waals surface area contributed by atoms with E-state index in [2.05, 4.69) is 41.3 Å². The van der Waals surface area contributed by atoms with E-state index in [0.29, 0.717) is 0 Å². The van der Waals surface area contributed by atoms with Crippen LogP contribution in [0.4, 0.5) is 5.95 Å². The van der Waals surface area contributed by atoms with Crippen LogP contribution in [0.15, 0.2) is 24.5 Å². The second-order valence-electron chi connectivity index (χ2n) is 6.35. The number of carbonyl (C=O) groups excluding carboxylic acids is 1. The van der Waals surface area contributed by atoms with Crippen LogP contribution in [-0.4, -0.2) is 26.2 Å². The monoisotopic (exact) mass is 316 g/mol. The van der Waals surface area contributed by atoms with Gasteiger partial charge in [0.15, 0.2) is 0 Å². The Hall–Kier alpha value is -2.37. The number of anilines is 1. The summed E-state index contributed by atoms with van der Waals surface area (Å²) in [6.45, 7) is 6.50. The van der Waals surface area contributed by atoms with Crippen LogP contribution >= 0.6 is 0 Å². The van der Waals surface area contributed by atoms with Crippen molar-refractivity contribution in [1.29, 1.82) is 0 Å². The third-order valence-electron chi connectivity index (χ3n) is 4.07. The van der Waals surface area contributed by atoms with Crippen LogP contribution in [0.25, 0.3) is 0 Å². The largest absolute Gasteiger partial charge is 0.507 e. The maximum atomic E-state index is 12.1. The van der Waals surface area contributed by atoms with Gasteiger partial charge in [0.2, 0.25) is 5.95 Å². The molecule has 0 atom stereocenters. The number of nitrogens with one attached hydrogen (secondary N) is 2. The number of benzene rings is 1. The smallest absolute Gasteiger partial charge is 0.261 e. The second kappa shape index (κ2) is 7.26. The van der Waals surface area contributed by atoms with Gasteiger partial charge in [0.05, 0.1) is 5.56 Å². The van der Waals surface area contributed by atoms with Crippen LogP contribution in [0.3, 0.4) is 0 Å². The third-order valence-corrected chi connectivity index (χ3v) is 4.07. The Kier molecular flexibility index (Phi) is 5.36. The maximum absolute atomic E-state index is 12.1. The number of hydrogen-bond donors (Lipinski definition) is 3. The number of aromatic hydroxyl groups is 1. The van der Waals surface area contributed by atoms with Crippen molar-refractivity contribution in [3.63, 3.8) is 0 Å². The van der Waals surface area contributed by atoms with Gasteiger partial charge in [0.25, 0.3) is 5.91 Å². The van der Waals surface area contributed by atoms with Gasteiger partial charge >= 0.3 is 0 Å². The highest BCUT2D eigenvalue weighted by Gasteiger charge is 2.22. The molecule has 124 valence electrons. The number of rotatable bonds is 7. The van der Waals surface area contributed by atoms with Gasteiger partial charge in [0, 0.05) is 0 Å². The number of hydrogen-bond acceptors (Lipinski definition) is 4. The molecule has 0 unspecified atom stereocenters. The lowest BCUT2D eigenvalue weighted by Crippen LogP contribution is -2.18. The van der Waals surface area contributed by atoms with E-state index in [1.54, 1.807) is 12.1 Å². The van der Waals surface area contributed by atoms with E-state index in [0.717, 1.165) is 18.4 Å². The number of nitrogens with zero attached hydrogens (tertiary/aromatic N) is 2. The van der Waals surface area contributed by atoms with E-state index < -0.39 is 5.91 Å². The molecule has 6 heteroatoms. The summed E-state index contributed by atoms with van der Waals surface area (Å²) in [5.41, 5.74) is 1.20. The van der Waals surface area contributed by atoms with Crippen molar-refractivity contribution in [3.05, 3.63) is 35.7 Å². The van der Waals surface area contributed by atoms with Crippen molar-refractivity contribution in [1.82, 2.24) is 15.2 Å². The first-order chi connectivity index (χ1) is 10.9. The zero-order chi connectivity index (χ0) is 16.9. The molecule has 23 heavy (non-hydrogen) atoms. The van der Waals surface area contributed by atoms with Crippen LogP contribution in [0.1, 0.15) is 62.4 Å². The summed E-state index contributed by atoms with van der Waals surface area (Å²) in [5, 5.41) is 19.0. The fourth-order valence-corrected chi connectivity index (χ4v) is 2.54. The van der Waals surface area contributed by atoms with E-state index in [9.17, 15) is 9.90 Å². The number of aromatic amines is 1. The molecule has 1 amide bonds. The summed E-state index contributed by atoms with van der Waals surface area (Å²) in [6, 6.07) is 5.23. The number of phenolic OH excluding ortho intramolecular Hbond substituents is 1. The van der Waals surface area contributed by atoms with Crippen LogP contribution in [0.5, 0.6) is 5.75 Å². The lowest BCUT2D eigenvalue weighted by Gasteiger charge is -2.25. The van der Waals surface area contributed by atoms with E-state index in [4.69, 9.17) is 0 Å². The highest BCUT2D eigenvalue weighted by Crippen LogP contribution is 2.32. The fourth-order valence-electron chi connectivity index (χ4n) is 2.54. The lowest BCUT2D eigenvalue weighted by atomic mass is 9.79. The normalized spacial score (nSPS) is 11.4. The first-order valence-electron chi connectivity index (χ1n) is 7.94. The van der Waals surface area contributed by atoms with Gasteiger partial charge in [-0.15, -0.1) is 5.10 Å². The molecule has 0 fully saturated rings. The molecule has 0 saturated heterocycles. The summed E-state index contributed by atoms with van der Waals surface area (Å²) in [6.07, 6.45) is 5.95. The molecule has 1 aromatic carbocycles. The van der Waals surface area contributed by atoms with E-state index in [1.807, 2.05) is 6.07 Å². The number of amides is 1. The number of aromatic nitrogens is 3. The standard InChI is InChI=1S/C17H24N4O2/c1-4-5-6-9-17(2,3)12-7-8-13(14(22)10-12)15(23)20-16-18-11-19-21-16/h7-8,10-11,22H,4-6,9H2,1-3H3,(H2,18,19,20,21,23). The van der Waals surface area contributed by atoms with Crippen LogP contribution in [-0.2, 0) is 5.41 Å². The lowest BCUT2D eigenvalue weighted by molar-refractivity contribution is 0.102. The number of H-pyrrole nitrogens is 1. The first kappa shape index (κ1) is 17.0. The van der Waals surface area contributed by atoms with Crippen LogP contribution < -0.4 is 5.32 Å². The van der Waals surface area contributed by atoms with Gasteiger partial charge in [-0.25, -0.2) is 4.98 Å². The van der Waals surface area contributed by atoms with Gasteiger partial charge in [0.1, 0.15) is 12.1 Å². The van der Waals surface area contributed by atoms with Crippen molar-refractivity contribution in [2.45, 2.75) is 51.9 Å². The Bertz CT molecular complexity index is 651. The van der Waals surface area contributed by atoms with E-state index in [-0.39, 0.29) is 22.7 Å². The summed E-state index contributed by atoms with van der Waals surface area (Å²) in [7, 11) is 0. The summed E-state index contributed by atoms with van der Waals surface area (Å²) >= 11 is 0. The molecular formula is C17H24N4O2. The van der Waals surface area contributed by atoms with Crippen molar-refractivity contribution >= 4 is 11.9 Å². The zero-order valence-electron chi connectivity index (χ0n) is 13.9. The van der Waals surface area contributed by atoms with Gasteiger partial charge < -0.3 is 5.11 Å². The van der Waals surface area contributed by atoms with Crippen molar-refractivity contribution in [3.8, 4) is 5.75 Å². The minimum absolute atomic E-state index is 0.0286. The predicted octanol–water partition coefficient (Wildman–Crippen LogP) is 3.62. The van der Waals surface area contributed by atoms with Gasteiger partial charge in [-0.1, -0.05) is 46.1 Å². The molecule has 1 heterocycles. The number of carbonyl (C=O) groups is 1. The van der Waals surface area contributed by atoms with E-state index in [1.165, 1.54) is 19.2 Å². The quantitative estimate of drug-likeness (QED) is 0.680. The highest BCUT2D eigenvalue weighted by molar-refractivity contribution is 6.05. The van der Waals surface area contributed by atoms with Crippen molar-refractivity contribution in [2.24, 2.45) is 0 Å². The summed E-state index contributed by atoms with van der Waals surface area (Å²) < 4.78 is 0. The van der Waals surface area contributed by atoms with Crippen LogP contribution in [0, 0.1) is 0 Å². The molecule has 0 bridgehead atoms. The molecule has 6 nitrogen and oxygen atoms in total. The molecular weight excluding hydrogens is 292 g/mol. The topological polar surface area (TPSA) is 90.9 Å². The Balaban J connectivity index is 2.12. The minimum atomic E-state index is -0.433. The minimum Gasteiger partial charge on any atom is -0.507 e. The number of unbranched alkanes of at least 4 members (excludes halogenated alkanes) is 2. The molecule has 1 aromatic heterocycles. The molecule has 0 spiro atoms. The maximum Gasteiger partial charge on any atom is 0.261 e. The summed E-state index contributed by atoms with van der Waals surface area (Å²) in [4.78, 5) is 16.0. The predicted molar refractivity (Wildman–Crippen MR) is 89.6 cm³/mol. The van der Waals surface area contributed by atoms with Crippen molar-refractivity contribution < 1.29 is 9.90 Å². The Morgan fingerprint density at radius 3 is 2.74 bits per heavy atom. The SMILES string of the molecule is CCCCCC(C)(C)c1ccc(C(=O)Nc2nc[nH]n2)c(O)c1. The average molecular weight is 316 g/mol. The van der Waals surface area contributed by atoms with Gasteiger partial charge in [-0.05, 0) is 29.5 Å². The third kappa shape index (κ3) is 4.31. The van der Waals surface area contributed by atoms with Gasteiger partial charge in [-0.2, -0.15) is 0 Å². The van der Waals surface area contributed by atoms with Gasteiger partial charge in [-0.3, -0.25) is 15.2 Å². The zero-order valence-corrected chi connectivity index (χ0v) is 13.9. The Labute approximate surface area is 136 Å². The molecule has 0 saturated carbocycles. The molecule has 0 aliphatic rings.